The fourth-order valence-electron chi connectivity index (χ4n) is 0.845. The molecule has 11 heavy (non-hydrogen) atoms. The van der Waals surface area contributed by atoms with Crippen molar-refractivity contribution in [2.75, 3.05) is 6.67 Å². The second-order valence-corrected chi connectivity index (χ2v) is 2.31. The van der Waals surface area contributed by atoms with Gasteiger partial charge < -0.3 is 0 Å². The monoisotopic (exact) mass is 154 g/mol. The van der Waals surface area contributed by atoms with Crippen molar-refractivity contribution in [3.05, 3.63) is 23.0 Å². The highest BCUT2D eigenvalue weighted by Crippen LogP contribution is 2.18. The zero-order valence-electron chi connectivity index (χ0n) is 6.25. The van der Waals surface area contributed by atoms with Crippen molar-refractivity contribution in [1.82, 2.24) is 0 Å². The van der Waals surface area contributed by atoms with Crippen LogP contribution in [0, 0.1) is 11.8 Å². The van der Waals surface area contributed by atoms with E-state index < -0.39 is 12.5 Å². The van der Waals surface area contributed by atoms with E-state index in [2.05, 4.69) is 11.8 Å². The summed E-state index contributed by atoms with van der Waals surface area (Å²) in [6.45, 7) is 0.920. The van der Waals surface area contributed by atoms with Crippen LogP contribution >= 0.6 is 0 Å². The van der Waals surface area contributed by atoms with E-state index in [1.165, 1.54) is 0 Å². The highest BCUT2D eigenvalue weighted by Gasteiger charge is 2.06. The van der Waals surface area contributed by atoms with Gasteiger partial charge in [-0.05, 0) is 24.0 Å². The highest BCUT2D eigenvalue weighted by atomic mass is 19.1. The van der Waals surface area contributed by atoms with Crippen LogP contribution < -0.4 is 0 Å². The average Bonchev–Trinajstić information content (AvgIpc) is 2.16. The van der Waals surface area contributed by atoms with E-state index >= 15 is 0 Å². The van der Waals surface area contributed by atoms with Crippen molar-refractivity contribution in [2.45, 2.75) is 13.3 Å². The smallest absolute Gasteiger partial charge is 0.176 e. The first-order chi connectivity index (χ1) is 5.25. The first-order valence-electron chi connectivity index (χ1n) is 3.36. The third-order valence-electron chi connectivity index (χ3n) is 1.60. The molecule has 2 heteroatoms. The van der Waals surface area contributed by atoms with E-state index in [0.29, 0.717) is 17.6 Å². The SMILES string of the molecule is CC1=C(F)C#CCC=C1CF. The fraction of sp³-hybridized carbons (Fsp3) is 0.333. The third-order valence-corrected chi connectivity index (χ3v) is 1.60. The van der Waals surface area contributed by atoms with E-state index in [9.17, 15) is 8.78 Å². The van der Waals surface area contributed by atoms with Gasteiger partial charge in [0.1, 0.15) is 6.67 Å². The summed E-state index contributed by atoms with van der Waals surface area (Å²) in [6, 6.07) is 0. The van der Waals surface area contributed by atoms with E-state index in [4.69, 9.17) is 0 Å². The molecule has 0 amide bonds. The number of hydrogen-bond donors (Lipinski definition) is 0. The molecule has 0 unspecified atom stereocenters. The Morgan fingerprint density at radius 3 is 3.00 bits per heavy atom. The summed E-state index contributed by atoms with van der Waals surface area (Å²) < 4.78 is 24.9. The van der Waals surface area contributed by atoms with Crippen LogP contribution in [0.25, 0.3) is 0 Å². The van der Waals surface area contributed by atoms with Gasteiger partial charge in [-0.25, -0.2) is 4.39 Å². The highest BCUT2D eigenvalue weighted by molar-refractivity contribution is 5.42. The quantitative estimate of drug-likeness (QED) is 0.509. The van der Waals surface area contributed by atoms with Crippen LogP contribution in [0.4, 0.5) is 8.78 Å². The molecule has 0 radical (unpaired) electrons. The predicted octanol–water partition coefficient (Wildman–Crippen LogP) is 2.53. The number of rotatable bonds is 1. The molecule has 1 rings (SSSR count). The summed E-state index contributed by atoms with van der Waals surface area (Å²) in [6.07, 6.45) is 2.05. The van der Waals surface area contributed by atoms with Gasteiger partial charge in [-0.1, -0.05) is 12.0 Å². The molecule has 0 fully saturated rings. The Kier molecular flexibility index (Phi) is 2.43. The summed E-state index contributed by atoms with van der Waals surface area (Å²) >= 11 is 0. The Hall–Kier alpha value is -1.10. The normalized spacial score (nSPS) is 16.8. The van der Waals surface area contributed by atoms with Gasteiger partial charge in [0.15, 0.2) is 5.83 Å². The number of halogens is 2. The van der Waals surface area contributed by atoms with Crippen LogP contribution in [-0.2, 0) is 0 Å². The number of allylic oxidation sites excluding steroid dienone is 4. The van der Waals surface area contributed by atoms with Crippen molar-refractivity contribution < 1.29 is 8.78 Å². The zero-order chi connectivity index (χ0) is 8.27. The minimum absolute atomic E-state index is 0.331. The Morgan fingerprint density at radius 1 is 1.64 bits per heavy atom. The predicted molar refractivity (Wildman–Crippen MR) is 40.3 cm³/mol. The Labute approximate surface area is 64.6 Å². The van der Waals surface area contributed by atoms with Crippen molar-refractivity contribution in [2.24, 2.45) is 0 Å². The van der Waals surface area contributed by atoms with E-state index in [0.717, 1.165) is 0 Å². The largest absolute Gasteiger partial charge is 0.246 e. The molecule has 0 N–H and O–H groups in total. The second-order valence-electron chi connectivity index (χ2n) is 2.31. The second kappa shape index (κ2) is 3.34. The third kappa shape index (κ3) is 1.68. The fourth-order valence-corrected chi connectivity index (χ4v) is 0.845. The van der Waals surface area contributed by atoms with Gasteiger partial charge in [0, 0.05) is 6.42 Å². The zero-order valence-corrected chi connectivity index (χ0v) is 6.25. The first kappa shape index (κ1) is 8.00. The molecular formula is C9H8F2. The van der Waals surface area contributed by atoms with Crippen molar-refractivity contribution in [3.8, 4) is 11.8 Å². The summed E-state index contributed by atoms with van der Waals surface area (Å²) in [5, 5.41) is 0. The molecule has 0 saturated carbocycles. The molecule has 0 saturated heterocycles. The van der Waals surface area contributed by atoms with Crippen LogP contribution in [-0.4, -0.2) is 6.67 Å². The van der Waals surface area contributed by atoms with Gasteiger partial charge in [-0.3, -0.25) is 0 Å². The van der Waals surface area contributed by atoms with Crippen molar-refractivity contribution in [3.63, 3.8) is 0 Å². The molecule has 58 valence electrons. The average molecular weight is 154 g/mol. The summed E-state index contributed by atoms with van der Waals surface area (Å²) in [5.41, 5.74) is 0.734. The Morgan fingerprint density at radius 2 is 2.36 bits per heavy atom. The maximum absolute atomic E-state index is 12.8. The van der Waals surface area contributed by atoms with Gasteiger partial charge in [0.25, 0.3) is 0 Å². The molecule has 0 aliphatic heterocycles. The lowest BCUT2D eigenvalue weighted by atomic mass is 10.1. The molecule has 0 atom stereocenters. The lowest BCUT2D eigenvalue weighted by Crippen LogP contribution is -1.89. The van der Waals surface area contributed by atoms with Crippen LogP contribution in [0.3, 0.4) is 0 Å². The van der Waals surface area contributed by atoms with Crippen LogP contribution in [0.2, 0.25) is 0 Å². The maximum atomic E-state index is 12.8. The summed E-state index contributed by atoms with van der Waals surface area (Å²) in [7, 11) is 0. The topological polar surface area (TPSA) is 0 Å². The van der Waals surface area contributed by atoms with Crippen LogP contribution in [0.1, 0.15) is 13.3 Å². The molecule has 0 nitrogen and oxygen atoms in total. The number of alkyl halides is 1. The van der Waals surface area contributed by atoms with Gasteiger partial charge >= 0.3 is 0 Å². The Balaban J connectivity index is 3.02. The van der Waals surface area contributed by atoms with Gasteiger partial charge in [0.05, 0.1) is 0 Å². The minimum atomic E-state index is -0.622. The molecule has 0 heterocycles. The van der Waals surface area contributed by atoms with E-state index in [-0.39, 0.29) is 0 Å². The molecule has 0 aromatic rings. The summed E-state index contributed by atoms with van der Waals surface area (Å²) in [5.74, 6) is 4.36. The molecular weight excluding hydrogens is 146 g/mol. The molecule has 0 aromatic carbocycles. The maximum Gasteiger partial charge on any atom is 0.176 e. The van der Waals surface area contributed by atoms with Crippen molar-refractivity contribution in [1.29, 1.82) is 0 Å². The van der Waals surface area contributed by atoms with Crippen molar-refractivity contribution >= 4 is 0 Å². The first-order valence-corrected chi connectivity index (χ1v) is 3.36. The summed E-state index contributed by atoms with van der Waals surface area (Å²) in [4.78, 5) is 0. The van der Waals surface area contributed by atoms with E-state index in [1.54, 1.807) is 13.0 Å². The molecule has 0 spiro atoms. The molecule has 0 bridgehead atoms. The molecule has 1 aliphatic rings. The van der Waals surface area contributed by atoms with E-state index in [1.807, 2.05) is 0 Å². The Bertz CT molecular complexity index is 274. The number of hydrogen-bond acceptors (Lipinski definition) is 0. The lowest BCUT2D eigenvalue weighted by Gasteiger charge is -1.99. The van der Waals surface area contributed by atoms with Gasteiger partial charge in [-0.15, -0.1) is 0 Å². The van der Waals surface area contributed by atoms with Gasteiger partial charge in [0.2, 0.25) is 0 Å². The van der Waals surface area contributed by atoms with Crippen LogP contribution in [0.5, 0.6) is 0 Å². The molecule has 0 aromatic heterocycles. The van der Waals surface area contributed by atoms with Gasteiger partial charge in [-0.2, -0.15) is 4.39 Å². The minimum Gasteiger partial charge on any atom is -0.246 e. The standard InChI is InChI=1S/C9H8F2/c1-7-8(6-10)4-2-3-5-9(7)11/h4H,2,6H2,1H3. The molecule has 1 aliphatic carbocycles. The van der Waals surface area contributed by atoms with Crippen LogP contribution in [0.15, 0.2) is 23.0 Å². The lowest BCUT2D eigenvalue weighted by molar-refractivity contribution is 0.542.